The summed E-state index contributed by atoms with van der Waals surface area (Å²) < 4.78 is 11.2. The van der Waals surface area contributed by atoms with Gasteiger partial charge in [0.25, 0.3) is 0 Å². The summed E-state index contributed by atoms with van der Waals surface area (Å²) in [7, 11) is 0. The molecule has 1 aliphatic heterocycles. The smallest absolute Gasteiger partial charge is 0.191 e. The normalized spacial score (nSPS) is 19.8. The summed E-state index contributed by atoms with van der Waals surface area (Å²) in [6.07, 6.45) is 4.23. The fourth-order valence-electron chi connectivity index (χ4n) is 3.27. The predicted molar refractivity (Wildman–Crippen MR) is 108 cm³/mol. The van der Waals surface area contributed by atoms with Crippen molar-refractivity contribution in [1.82, 2.24) is 10.6 Å². The molecule has 7 heteroatoms. The third-order valence-corrected chi connectivity index (χ3v) is 6.34. The Bertz CT molecular complexity index is 607. The number of aryl methyl sites for hydroxylation is 2. The summed E-state index contributed by atoms with van der Waals surface area (Å²) in [6.45, 7) is 11.1. The Morgan fingerprint density at radius 2 is 2.04 bits per heavy atom. The molecular weight excluding hydrogens is 350 g/mol. The van der Waals surface area contributed by atoms with Gasteiger partial charge >= 0.3 is 0 Å². The summed E-state index contributed by atoms with van der Waals surface area (Å²) in [5.41, 5.74) is -0.278. The summed E-state index contributed by atoms with van der Waals surface area (Å²) >= 11 is 1.89. The molecule has 0 aliphatic carbocycles. The van der Waals surface area contributed by atoms with Crippen molar-refractivity contribution in [2.24, 2.45) is 4.99 Å². The number of aliphatic hydroxyl groups is 1. The molecule has 0 radical (unpaired) electrons. The van der Waals surface area contributed by atoms with Gasteiger partial charge in [0.1, 0.15) is 17.1 Å². The molecule has 0 aromatic carbocycles. The summed E-state index contributed by atoms with van der Waals surface area (Å²) in [5.74, 6) is 2.27. The lowest BCUT2D eigenvalue weighted by molar-refractivity contribution is 0.0656. The van der Waals surface area contributed by atoms with E-state index < -0.39 is 5.60 Å². The number of hydrogen-bond donors (Lipinski definition) is 3. The highest BCUT2D eigenvalue weighted by atomic mass is 32.2. The van der Waals surface area contributed by atoms with Gasteiger partial charge < -0.3 is 24.9 Å². The van der Waals surface area contributed by atoms with Gasteiger partial charge in [-0.15, -0.1) is 0 Å². The van der Waals surface area contributed by atoms with E-state index in [0.717, 1.165) is 62.2 Å². The van der Waals surface area contributed by atoms with Crippen molar-refractivity contribution in [2.75, 3.05) is 39.1 Å². The molecule has 0 bridgehead atoms. The van der Waals surface area contributed by atoms with Crippen LogP contribution in [0.25, 0.3) is 0 Å². The fourth-order valence-corrected chi connectivity index (χ4v) is 4.06. The predicted octanol–water partition coefficient (Wildman–Crippen LogP) is 2.57. The molecule has 148 valence electrons. The third-order valence-electron chi connectivity index (χ3n) is 4.93. The highest BCUT2D eigenvalue weighted by Crippen LogP contribution is 2.33. The van der Waals surface area contributed by atoms with Crippen LogP contribution >= 0.6 is 11.8 Å². The van der Waals surface area contributed by atoms with E-state index in [2.05, 4.69) is 21.9 Å². The summed E-state index contributed by atoms with van der Waals surface area (Å²) in [6, 6.07) is 1.88. The lowest BCUT2D eigenvalue weighted by atomic mass is 9.96. The number of guanidine groups is 1. The number of hydrogen-bond acceptors (Lipinski definition) is 5. The second kappa shape index (κ2) is 9.15. The lowest BCUT2D eigenvalue weighted by Crippen LogP contribution is -2.48. The average molecular weight is 384 g/mol. The minimum atomic E-state index is -1.07. The minimum Gasteiger partial charge on any atom is -0.466 e. The number of furan rings is 1. The van der Waals surface area contributed by atoms with Gasteiger partial charge in [0.15, 0.2) is 5.96 Å². The quantitative estimate of drug-likeness (QED) is 0.496. The number of thioether (sulfide) groups is 1. The molecule has 1 atom stereocenters. The van der Waals surface area contributed by atoms with Crippen molar-refractivity contribution in [3.8, 4) is 0 Å². The van der Waals surface area contributed by atoms with E-state index in [9.17, 15) is 5.11 Å². The molecule has 3 N–H and O–H groups in total. The van der Waals surface area contributed by atoms with E-state index in [1.54, 1.807) is 6.92 Å². The highest BCUT2D eigenvalue weighted by molar-refractivity contribution is 8.00. The van der Waals surface area contributed by atoms with Crippen LogP contribution in [-0.4, -0.2) is 54.9 Å². The monoisotopic (exact) mass is 383 g/mol. The molecule has 6 nitrogen and oxygen atoms in total. The minimum absolute atomic E-state index is 0.176. The Balaban J connectivity index is 2.04. The van der Waals surface area contributed by atoms with Crippen LogP contribution in [0.4, 0.5) is 0 Å². The molecule has 0 saturated carbocycles. The number of aliphatic imine (C=N–C) groups is 1. The Kier molecular flexibility index (Phi) is 7.43. The molecule has 0 amide bonds. The van der Waals surface area contributed by atoms with Crippen molar-refractivity contribution in [3.05, 3.63) is 23.2 Å². The first-order valence-corrected chi connectivity index (χ1v) is 10.5. The van der Waals surface area contributed by atoms with Crippen LogP contribution in [0.2, 0.25) is 0 Å². The van der Waals surface area contributed by atoms with Crippen LogP contribution in [0.5, 0.6) is 0 Å². The Hall–Kier alpha value is -1.18. The zero-order valence-corrected chi connectivity index (χ0v) is 17.5. The topological polar surface area (TPSA) is 79.0 Å². The third kappa shape index (κ3) is 5.41. The second-order valence-corrected chi connectivity index (χ2v) is 8.42. The van der Waals surface area contributed by atoms with E-state index >= 15 is 0 Å². The van der Waals surface area contributed by atoms with Gasteiger partial charge in [-0.25, -0.2) is 4.99 Å². The van der Waals surface area contributed by atoms with E-state index in [1.807, 2.05) is 38.6 Å². The zero-order chi connectivity index (χ0) is 19.2. The van der Waals surface area contributed by atoms with Crippen LogP contribution in [-0.2, 0) is 10.3 Å². The molecular formula is C19H33N3O3S. The van der Waals surface area contributed by atoms with Crippen molar-refractivity contribution in [1.29, 1.82) is 0 Å². The number of ether oxygens (including phenoxy) is 1. The Morgan fingerprint density at radius 3 is 2.58 bits per heavy atom. The molecule has 26 heavy (non-hydrogen) atoms. The first-order valence-electron chi connectivity index (χ1n) is 9.27. The van der Waals surface area contributed by atoms with Gasteiger partial charge in [-0.3, -0.25) is 0 Å². The Morgan fingerprint density at radius 1 is 1.35 bits per heavy atom. The van der Waals surface area contributed by atoms with Gasteiger partial charge in [0.2, 0.25) is 0 Å². The second-order valence-electron chi connectivity index (χ2n) is 7.15. The summed E-state index contributed by atoms with van der Waals surface area (Å²) in [5, 5.41) is 17.6. The van der Waals surface area contributed by atoms with Gasteiger partial charge in [0, 0.05) is 36.6 Å². The molecule has 1 saturated heterocycles. The molecule has 2 heterocycles. The van der Waals surface area contributed by atoms with Crippen molar-refractivity contribution in [2.45, 2.75) is 50.9 Å². The van der Waals surface area contributed by atoms with E-state index in [1.165, 1.54) is 0 Å². The first kappa shape index (κ1) is 21.1. The SMILES string of the molecule is CCNC(=NCC(C)(O)c1cc(C)oc1C)NCC1(SC)CCOCC1. The average Bonchev–Trinajstić information content (AvgIpc) is 2.97. The zero-order valence-electron chi connectivity index (χ0n) is 16.6. The molecule has 1 unspecified atom stereocenters. The number of rotatable bonds is 7. The van der Waals surface area contributed by atoms with Crippen LogP contribution in [0.3, 0.4) is 0 Å². The fraction of sp³-hybridized carbons (Fsp3) is 0.737. The van der Waals surface area contributed by atoms with E-state index in [4.69, 9.17) is 9.15 Å². The van der Waals surface area contributed by atoms with Crippen molar-refractivity contribution < 1.29 is 14.3 Å². The van der Waals surface area contributed by atoms with E-state index in [-0.39, 0.29) is 11.3 Å². The number of nitrogens with one attached hydrogen (secondary N) is 2. The molecule has 1 aliphatic rings. The maximum atomic E-state index is 10.9. The van der Waals surface area contributed by atoms with Crippen LogP contribution < -0.4 is 10.6 Å². The maximum Gasteiger partial charge on any atom is 0.191 e. The largest absolute Gasteiger partial charge is 0.466 e. The van der Waals surface area contributed by atoms with Crippen LogP contribution in [0.15, 0.2) is 15.5 Å². The lowest BCUT2D eigenvalue weighted by Gasteiger charge is -2.36. The molecule has 0 spiro atoms. The van der Waals surface area contributed by atoms with Crippen LogP contribution in [0, 0.1) is 13.8 Å². The number of nitrogens with zero attached hydrogens (tertiary/aromatic N) is 1. The van der Waals surface area contributed by atoms with Gasteiger partial charge in [-0.05, 0) is 52.9 Å². The molecule has 2 rings (SSSR count). The van der Waals surface area contributed by atoms with Gasteiger partial charge in [-0.1, -0.05) is 0 Å². The molecule has 1 fully saturated rings. The van der Waals surface area contributed by atoms with Crippen molar-refractivity contribution in [3.63, 3.8) is 0 Å². The molecule has 1 aromatic rings. The standard InChI is InChI=1S/C19H33N3O3S/c1-6-20-17(22-13-19(26-5)7-9-24-10-8-19)21-12-18(4,23)16-11-14(2)25-15(16)3/h11,23H,6-10,12-13H2,1-5H3,(H2,20,21,22). The highest BCUT2D eigenvalue weighted by Gasteiger charge is 2.32. The Labute approximate surface area is 161 Å². The molecule has 1 aromatic heterocycles. The first-order chi connectivity index (χ1) is 12.3. The summed E-state index contributed by atoms with van der Waals surface area (Å²) in [4.78, 5) is 4.62. The maximum absolute atomic E-state index is 10.9. The van der Waals surface area contributed by atoms with E-state index in [0.29, 0.717) is 0 Å². The van der Waals surface area contributed by atoms with Gasteiger partial charge in [-0.2, -0.15) is 11.8 Å². The van der Waals surface area contributed by atoms with Crippen molar-refractivity contribution >= 4 is 17.7 Å². The van der Waals surface area contributed by atoms with Crippen LogP contribution in [0.1, 0.15) is 43.8 Å². The van der Waals surface area contributed by atoms with Gasteiger partial charge in [0.05, 0.1) is 6.54 Å².